The molecule has 146 valence electrons. The van der Waals surface area contributed by atoms with E-state index in [9.17, 15) is 8.42 Å². The lowest BCUT2D eigenvalue weighted by molar-refractivity contribution is -0.000500. The second-order valence-electron chi connectivity index (χ2n) is 7.05. The quantitative estimate of drug-likeness (QED) is 0.778. The first-order valence-corrected chi connectivity index (χ1v) is 10.8. The van der Waals surface area contributed by atoms with E-state index < -0.39 is 10.0 Å². The third-order valence-electron chi connectivity index (χ3n) is 5.19. The Hall–Kier alpha value is -1.74. The first-order valence-electron chi connectivity index (χ1n) is 9.40. The van der Waals surface area contributed by atoms with E-state index in [1.165, 1.54) is 10.5 Å². The van der Waals surface area contributed by atoms with Gasteiger partial charge in [0.05, 0.1) is 24.9 Å². The van der Waals surface area contributed by atoms with Crippen LogP contribution in [0.15, 0.2) is 47.6 Å². The summed E-state index contributed by atoms with van der Waals surface area (Å²) in [4.78, 5) is 0.259. The molecule has 27 heavy (non-hydrogen) atoms. The van der Waals surface area contributed by atoms with Crippen molar-refractivity contribution in [1.82, 2.24) is 14.1 Å². The molecule has 2 fully saturated rings. The standard InChI is InChI=1S/C19H25N3O4S/c23-27(24,19-13-20-22(15-19)17-6-9-25-10-7-17)21-8-11-26-18(14-21)12-16-4-2-1-3-5-16/h1-5,13,15,17-18H,6-12,14H2/t18-/m1/s1. The van der Waals surface area contributed by atoms with Crippen LogP contribution in [0.1, 0.15) is 24.4 Å². The van der Waals surface area contributed by atoms with Gasteiger partial charge in [0.1, 0.15) is 4.90 Å². The van der Waals surface area contributed by atoms with Crippen LogP contribution < -0.4 is 0 Å². The highest BCUT2D eigenvalue weighted by atomic mass is 32.2. The predicted molar refractivity (Wildman–Crippen MR) is 100.0 cm³/mol. The number of nitrogens with zero attached hydrogens (tertiary/aromatic N) is 3. The molecule has 7 nitrogen and oxygen atoms in total. The van der Waals surface area contributed by atoms with E-state index in [-0.39, 0.29) is 17.0 Å². The molecule has 0 radical (unpaired) electrons. The second-order valence-corrected chi connectivity index (χ2v) is 8.98. The number of hydrogen-bond donors (Lipinski definition) is 0. The first-order chi connectivity index (χ1) is 13.1. The molecule has 0 aliphatic carbocycles. The number of morpholine rings is 1. The van der Waals surface area contributed by atoms with Crippen LogP contribution in [-0.4, -0.2) is 61.5 Å². The topological polar surface area (TPSA) is 73.7 Å². The molecule has 4 rings (SSSR count). The summed E-state index contributed by atoms with van der Waals surface area (Å²) in [5, 5.41) is 4.31. The molecule has 8 heteroatoms. The summed E-state index contributed by atoms with van der Waals surface area (Å²) < 4.78 is 40.6. The summed E-state index contributed by atoms with van der Waals surface area (Å²) in [6.07, 6.45) is 5.41. The lowest BCUT2D eigenvalue weighted by atomic mass is 10.1. The Kier molecular flexibility index (Phi) is 5.58. The van der Waals surface area contributed by atoms with E-state index in [4.69, 9.17) is 9.47 Å². The van der Waals surface area contributed by atoms with Crippen LogP contribution in [0.5, 0.6) is 0 Å². The van der Waals surface area contributed by atoms with Crippen LogP contribution in [0.25, 0.3) is 0 Å². The minimum atomic E-state index is -3.57. The summed E-state index contributed by atoms with van der Waals surface area (Å²) in [5.74, 6) is 0. The molecule has 1 aromatic heterocycles. The summed E-state index contributed by atoms with van der Waals surface area (Å²) in [5.41, 5.74) is 1.15. The molecule has 0 N–H and O–H groups in total. The molecule has 1 atom stereocenters. The van der Waals surface area contributed by atoms with Crippen LogP contribution in [0.2, 0.25) is 0 Å². The Morgan fingerprint density at radius 1 is 1.11 bits per heavy atom. The molecule has 0 bridgehead atoms. The fraction of sp³-hybridized carbons (Fsp3) is 0.526. The minimum absolute atomic E-state index is 0.138. The van der Waals surface area contributed by atoms with Gasteiger partial charge in [-0.3, -0.25) is 4.68 Å². The van der Waals surface area contributed by atoms with Crippen LogP contribution in [-0.2, 0) is 25.9 Å². The molecule has 2 saturated heterocycles. The minimum Gasteiger partial charge on any atom is -0.381 e. The average molecular weight is 391 g/mol. The number of benzene rings is 1. The van der Waals surface area contributed by atoms with Crippen molar-refractivity contribution in [2.75, 3.05) is 32.9 Å². The van der Waals surface area contributed by atoms with Crippen LogP contribution >= 0.6 is 0 Å². The lowest BCUT2D eigenvalue weighted by Gasteiger charge is -2.32. The fourth-order valence-corrected chi connectivity index (χ4v) is 5.06. The third kappa shape index (κ3) is 4.24. The summed E-state index contributed by atoms with van der Waals surface area (Å²) in [6.45, 7) is 2.52. The Morgan fingerprint density at radius 2 is 1.89 bits per heavy atom. The summed E-state index contributed by atoms with van der Waals surface area (Å²) in [6, 6.07) is 10.2. The highest BCUT2D eigenvalue weighted by molar-refractivity contribution is 7.89. The normalized spacial score (nSPS) is 22.7. The van der Waals surface area contributed by atoms with Crippen LogP contribution in [0.3, 0.4) is 0 Å². The highest BCUT2D eigenvalue weighted by Gasteiger charge is 2.32. The van der Waals surface area contributed by atoms with Gasteiger partial charge >= 0.3 is 0 Å². The Balaban J connectivity index is 1.45. The van der Waals surface area contributed by atoms with Crippen LogP contribution in [0.4, 0.5) is 0 Å². The van der Waals surface area contributed by atoms with E-state index in [2.05, 4.69) is 5.10 Å². The molecule has 2 aliphatic heterocycles. The van der Waals surface area contributed by atoms with E-state index in [0.717, 1.165) is 18.4 Å². The first kappa shape index (κ1) is 18.6. The number of sulfonamides is 1. The SMILES string of the molecule is O=S(=O)(c1cnn(C2CCOCC2)c1)N1CCO[C@H](Cc2ccccc2)C1. The van der Waals surface area contributed by atoms with Gasteiger partial charge < -0.3 is 9.47 Å². The summed E-state index contributed by atoms with van der Waals surface area (Å²) >= 11 is 0. The number of hydrogen-bond acceptors (Lipinski definition) is 5. The van der Waals surface area contributed by atoms with Gasteiger partial charge in [0.2, 0.25) is 10.0 Å². The zero-order valence-electron chi connectivity index (χ0n) is 15.2. The van der Waals surface area contributed by atoms with Gasteiger partial charge in [0.15, 0.2) is 0 Å². The highest BCUT2D eigenvalue weighted by Crippen LogP contribution is 2.24. The van der Waals surface area contributed by atoms with Gasteiger partial charge in [0, 0.05) is 32.5 Å². The van der Waals surface area contributed by atoms with E-state index in [0.29, 0.717) is 39.3 Å². The molecule has 2 aliphatic rings. The van der Waals surface area contributed by atoms with Crippen molar-refractivity contribution in [3.05, 3.63) is 48.3 Å². The maximum atomic E-state index is 13.1. The van der Waals surface area contributed by atoms with Gasteiger partial charge in [-0.15, -0.1) is 0 Å². The zero-order valence-corrected chi connectivity index (χ0v) is 16.1. The monoisotopic (exact) mass is 391 g/mol. The predicted octanol–water partition coefficient (Wildman–Crippen LogP) is 1.87. The molecule has 0 unspecified atom stereocenters. The average Bonchev–Trinajstić information content (AvgIpc) is 3.21. The molecule has 1 aromatic carbocycles. The van der Waals surface area contributed by atoms with Gasteiger partial charge in [-0.25, -0.2) is 8.42 Å². The molecule has 2 aromatic rings. The van der Waals surface area contributed by atoms with Crippen LogP contribution in [0, 0.1) is 0 Å². The molecular weight excluding hydrogens is 366 g/mol. The molecule has 0 amide bonds. The van der Waals surface area contributed by atoms with Gasteiger partial charge in [0.25, 0.3) is 0 Å². The fourth-order valence-electron chi connectivity index (χ4n) is 3.66. The molecule has 3 heterocycles. The Morgan fingerprint density at radius 3 is 2.67 bits per heavy atom. The van der Waals surface area contributed by atoms with Gasteiger partial charge in [-0.2, -0.15) is 9.40 Å². The zero-order chi connectivity index (χ0) is 18.7. The molecule has 0 spiro atoms. The van der Waals surface area contributed by atoms with Crippen molar-refractivity contribution in [3.63, 3.8) is 0 Å². The van der Waals surface area contributed by atoms with E-state index in [1.54, 1.807) is 10.9 Å². The maximum absolute atomic E-state index is 13.1. The maximum Gasteiger partial charge on any atom is 0.246 e. The van der Waals surface area contributed by atoms with Crippen molar-refractivity contribution in [3.8, 4) is 0 Å². The van der Waals surface area contributed by atoms with Gasteiger partial charge in [-0.05, 0) is 24.8 Å². The van der Waals surface area contributed by atoms with E-state index in [1.807, 2.05) is 30.3 Å². The summed E-state index contributed by atoms with van der Waals surface area (Å²) in [7, 11) is -3.57. The van der Waals surface area contributed by atoms with Crippen molar-refractivity contribution >= 4 is 10.0 Å². The number of aromatic nitrogens is 2. The lowest BCUT2D eigenvalue weighted by Crippen LogP contribution is -2.46. The van der Waals surface area contributed by atoms with Crippen molar-refractivity contribution in [2.24, 2.45) is 0 Å². The Bertz CT molecular complexity index is 847. The molecular formula is C19H25N3O4S. The van der Waals surface area contributed by atoms with E-state index >= 15 is 0 Å². The number of rotatable bonds is 5. The largest absolute Gasteiger partial charge is 0.381 e. The third-order valence-corrected chi connectivity index (χ3v) is 7.01. The number of ether oxygens (including phenoxy) is 2. The van der Waals surface area contributed by atoms with Gasteiger partial charge in [-0.1, -0.05) is 30.3 Å². The van der Waals surface area contributed by atoms with Crippen molar-refractivity contribution in [2.45, 2.75) is 36.3 Å². The second kappa shape index (κ2) is 8.10. The molecule has 0 saturated carbocycles. The van der Waals surface area contributed by atoms with Crippen molar-refractivity contribution in [1.29, 1.82) is 0 Å². The van der Waals surface area contributed by atoms with Crippen molar-refractivity contribution < 1.29 is 17.9 Å². The smallest absolute Gasteiger partial charge is 0.246 e. The Labute approximate surface area is 159 Å².